The van der Waals surface area contributed by atoms with E-state index in [0.29, 0.717) is 25.1 Å². The van der Waals surface area contributed by atoms with Crippen molar-refractivity contribution >= 4 is 10.9 Å². The molecule has 3 aromatic rings. The zero-order valence-corrected chi connectivity index (χ0v) is 14.4. The number of fused-ring (bicyclic) bond motifs is 3. The Balaban J connectivity index is 1.67. The number of aromatic nitrogens is 1. The van der Waals surface area contributed by atoms with Crippen LogP contribution in [0.15, 0.2) is 48.5 Å². The molecule has 1 aliphatic carbocycles. The minimum atomic E-state index is -2.66. The third kappa shape index (κ3) is 3.19. The molecule has 0 aliphatic heterocycles. The number of hydrogen-bond acceptors (Lipinski definition) is 2. The predicted octanol–water partition coefficient (Wildman–Crippen LogP) is 4.34. The molecule has 0 radical (unpaired) electrons. The summed E-state index contributed by atoms with van der Waals surface area (Å²) < 4.78 is 35.9. The van der Waals surface area contributed by atoms with Crippen molar-refractivity contribution in [2.24, 2.45) is 0 Å². The highest BCUT2D eigenvalue weighted by atomic mass is 19.3. The van der Waals surface area contributed by atoms with Crippen LogP contribution in [0, 0.1) is 0 Å². The lowest BCUT2D eigenvalue weighted by molar-refractivity contribution is -0.0125. The summed E-state index contributed by atoms with van der Waals surface area (Å²) >= 11 is 0. The van der Waals surface area contributed by atoms with Crippen molar-refractivity contribution in [3.05, 3.63) is 65.4 Å². The van der Waals surface area contributed by atoms with E-state index in [1.807, 2.05) is 48.5 Å². The lowest BCUT2D eigenvalue weighted by atomic mass is 9.92. The Morgan fingerprint density at radius 1 is 1.12 bits per heavy atom. The van der Waals surface area contributed by atoms with E-state index in [4.69, 9.17) is 4.74 Å². The number of alkyl halides is 2. The number of rotatable bonds is 5. The zero-order chi connectivity index (χ0) is 18.1. The molecule has 4 rings (SSSR count). The number of aliphatic hydroxyl groups is 1. The lowest BCUT2D eigenvalue weighted by Crippen LogP contribution is -2.27. The Labute approximate surface area is 150 Å². The number of hydrogen-bond donors (Lipinski definition) is 1. The number of benzene rings is 2. The predicted molar refractivity (Wildman–Crippen MR) is 96.8 cm³/mol. The Morgan fingerprint density at radius 2 is 1.92 bits per heavy atom. The summed E-state index contributed by atoms with van der Waals surface area (Å²) in [4.78, 5) is 0. The molecule has 26 heavy (non-hydrogen) atoms. The molecule has 1 aromatic heterocycles. The number of nitrogens with zero attached hydrogens (tertiary/aromatic N) is 1. The first-order valence-corrected chi connectivity index (χ1v) is 8.87. The lowest BCUT2D eigenvalue weighted by Gasteiger charge is -2.23. The third-order valence-corrected chi connectivity index (χ3v) is 5.02. The van der Waals surface area contributed by atoms with Gasteiger partial charge in [-0.1, -0.05) is 24.3 Å². The molecule has 0 amide bonds. The van der Waals surface area contributed by atoms with Gasteiger partial charge >= 0.3 is 0 Å². The molecule has 1 aliphatic rings. The average molecular weight is 357 g/mol. The standard InChI is InChI=1S/C21H21F2NO2/c22-21(23)9-8-20-18(13-21)17-12-15(14-25)6-7-19(17)24(20)10-11-26-16-4-2-1-3-5-16/h1-7,12,25H,8-11,13-14H2. The van der Waals surface area contributed by atoms with Crippen LogP contribution in [0.1, 0.15) is 23.2 Å². The van der Waals surface area contributed by atoms with Gasteiger partial charge in [-0.3, -0.25) is 0 Å². The van der Waals surface area contributed by atoms with E-state index in [1.165, 1.54) is 0 Å². The summed E-state index contributed by atoms with van der Waals surface area (Å²) in [6.45, 7) is 0.979. The molecular weight excluding hydrogens is 336 g/mol. The summed E-state index contributed by atoms with van der Waals surface area (Å²) in [5, 5.41) is 10.2. The minimum absolute atomic E-state index is 0.0938. The van der Waals surface area contributed by atoms with Gasteiger partial charge in [-0.2, -0.15) is 0 Å². The van der Waals surface area contributed by atoms with Gasteiger partial charge in [0.1, 0.15) is 12.4 Å². The van der Waals surface area contributed by atoms with Crippen molar-refractivity contribution in [1.82, 2.24) is 4.57 Å². The van der Waals surface area contributed by atoms with Crippen LogP contribution in [0.3, 0.4) is 0 Å². The maximum atomic E-state index is 14.0. The summed E-state index contributed by atoms with van der Waals surface area (Å²) in [6, 6.07) is 15.2. The van der Waals surface area contributed by atoms with Crippen LogP contribution in [0.4, 0.5) is 8.78 Å². The second-order valence-corrected chi connectivity index (χ2v) is 6.78. The molecule has 0 bridgehead atoms. The van der Waals surface area contributed by atoms with Crippen molar-refractivity contribution in [2.75, 3.05) is 6.61 Å². The molecule has 0 spiro atoms. The van der Waals surface area contributed by atoms with Gasteiger partial charge in [0.15, 0.2) is 0 Å². The second kappa shape index (κ2) is 6.72. The SMILES string of the molecule is OCc1ccc2c(c1)c1c(n2CCOc2ccccc2)CCC(F)(F)C1. The Morgan fingerprint density at radius 3 is 2.69 bits per heavy atom. The molecule has 3 nitrogen and oxygen atoms in total. The smallest absolute Gasteiger partial charge is 0.252 e. The van der Waals surface area contributed by atoms with Gasteiger partial charge < -0.3 is 14.4 Å². The fraction of sp³-hybridized carbons (Fsp3) is 0.333. The van der Waals surface area contributed by atoms with Crippen LogP contribution < -0.4 is 4.74 Å². The van der Waals surface area contributed by atoms with E-state index >= 15 is 0 Å². The third-order valence-electron chi connectivity index (χ3n) is 5.02. The summed E-state index contributed by atoms with van der Waals surface area (Å²) in [7, 11) is 0. The van der Waals surface area contributed by atoms with Crippen molar-refractivity contribution in [1.29, 1.82) is 0 Å². The van der Waals surface area contributed by atoms with Crippen LogP contribution in [-0.4, -0.2) is 22.2 Å². The molecular formula is C21H21F2NO2. The molecule has 0 atom stereocenters. The highest BCUT2D eigenvalue weighted by Gasteiger charge is 2.37. The van der Waals surface area contributed by atoms with Gasteiger partial charge in [0.2, 0.25) is 0 Å². The van der Waals surface area contributed by atoms with Gasteiger partial charge in [0.25, 0.3) is 5.92 Å². The van der Waals surface area contributed by atoms with Gasteiger partial charge in [-0.25, -0.2) is 8.78 Å². The fourth-order valence-corrected chi connectivity index (χ4v) is 3.78. The molecule has 1 heterocycles. The molecule has 0 saturated carbocycles. The normalized spacial score (nSPS) is 15.8. The molecule has 0 saturated heterocycles. The van der Waals surface area contributed by atoms with Gasteiger partial charge in [0, 0.05) is 29.4 Å². The van der Waals surface area contributed by atoms with E-state index in [1.54, 1.807) is 0 Å². The molecule has 5 heteroatoms. The number of para-hydroxylation sites is 1. The van der Waals surface area contributed by atoms with Crippen molar-refractivity contribution < 1.29 is 18.6 Å². The van der Waals surface area contributed by atoms with Crippen molar-refractivity contribution in [3.8, 4) is 5.75 Å². The summed E-state index contributed by atoms with van der Waals surface area (Å²) in [6.07, 6.45) is -0.000211. The highest BCUT2D eigenvalue weighted by Crippen LogP contribution is 2.39. The maximum Gasteiger partial charge on any atom is 0.252 e. The topological polar surface area (TPSA) is 34.4 Å². The van der Waals surface area contributed by atoms with Crippen LogP contribution in [-0.2, 0) is 26.0 Å². The number of aliphatic hydroxyl groups excluding tert-OH is 1. The van der Waals surface area contributed by atoms with Crippen LogP contribution >= 0.6 is 0 Å². The largest absolute Gasteiger partial charge is 0.492 e. The quantitative estimate of drug-likeness (QED) is 0.737. The Hall–Kier alpha value is -2.40. The summed E-state index contributed by atoms with van der Waals surface area (Å²) in [5.41, 5.74) is 3.36. The zero-order valence-electron chi connectivity index (χ0n) is 14.4. The molecule has 136 valence electrons. The van der Waals surface area contributed by atoms with E-state index < -0.39 is 5.92 Å². The molecule has 0 fully saturated rings. The molecule has 0 unspecified atom stereocenters. The van der Waals surface area contributed by atoms with Crippen molar-refractivity contribution in [3.63, 3.8) is 0 Å². The van der Waals surface area contributed by atoms with Crippen LogP contribution in [0.5, 0.6) is 5.75 Å². The van der Waals surface area contributed by atoms with Crippen LogP contribution in [0.25, 0.3) is 10.9 Å². The molecule has 1 N–H and O–H groups in total. The Bertz CT molecular complexity index is 919. The first-order valence-electron chi connectivity index (χ1n) is 8.87. The van der Waals surface area contributed by atoms with E-state index in [2.05, 4.69) is 4.57 Å². The second-order valence-electron chi connectivity index (χ2n) is 6.78. The number of halogens is 2. The monoisotopic (exact) mass is 357 g/mol. The van der Waals surface area contributed by atoms with E-state index in [-0.39, 0.29) is 19.4 Å². The van der Waals surface area contributed by atoms with Gasteiger partial charge in [-0.05, 0) is 41.8 Å². The first kappa shape index (κ1) is 17.0. The highest BCUT2D eigenvalue weighted by molar-refractivity contribution is 5.86. The minimum Gasteiger partial charge on any atom is -0.492 e. The van der Waals surface area contributed by atoms with Crippen molar-refractivity contribution in [2.45, 2.75) is 38.3 Å². The molecule has 2 aromatic carbocycles. The Kier molecular flexibility index (Phi) is 4.41. The van der Waals surface area contributed by atoms with Gasteiger partial charge in [0.05, 0.1) is 13.2 Å². The van der Waals surface area contributed by atoms with Crippen LogP contribution in [0.2, 0.25) is 0 Å². The van der Waals surface area contributed by atoms with E-state index in [0.717, 1.165) is 27.9 Å². The summed E-state index contributed by atoms with van der Waals surface area (Å²) in [5.74, 6) is -1.87. The number of ether oxygens (including phenoxy) is 1. The van der Waals surface area contributed by atoms with E-state index in [9.17, 15) is 13.9 Å². The fourth-order valence-electron chi connectivity index (χ4n) is 3.78. The van der Waals surface area contributed by atoms with Gasteiger partial charge in [-0.15, -0.1) is 0 Å². The maximum absolute atomic E-state index is 14.0. The first-order chi connectivity index (χ1) is 12.6. The average Bonchev–Trinajstić information content (AvgIpc) is 2.94.